The van der Waals surface area contributed by atoms with Crippen LogP contribution in [0.1, 0.15) is 11.3 Å². The summed E-state index contributed by atoms with van der Waals surface area (Å²) in [6.45, 7) is 0. The predicted octanol–water partition coefficient (Wildman–Crippen LogP) is 1.66. The standard InChI is InChI=1S/C12H11N5S/c13-7-9-8-16-12(17-11(9)14)18-6-4-10-3-1-2-5-15-10/h1-3,5,8H,4,6H2,(H2,14,16,17). The Morgan fingerprint density at radius 1 is 1.33 bits per heavy atom. The van der Waals surface area contributed by atoms with Gasteiger partial charge in [-0.2, -0.15) is 5.26 Å². The van der Waals surface area contributed by atoms with E-state index in [0.29, 0.717) is 10.7 Å². The van der Waals surface area contributed by atoms with E-state index in [1.165, 1.54) is 18.0 Å². The first-order chi connectivity index (χ1) is 8.79. The van der Waals surface area contributed by atoms with Crippen molar-refractivity contribution in [1.29, 1.82) is 5.26 Å². The van der Waals surface area contributed by atoms with E-state index < -0.39 is 0 Å². The van der Waals surface area contributed by atoms with E-state index in [1.807, 2.05) is 24.3 Å². The normalized spacial score (nSPS) is 9.94. The number of thioether (sulfide) groups is 1. The van der Waals surface area contributed by atoms with Crippen LogP contribution >= 0.6 is 11.8 Å². The highest BCUT2D eigenvalue weighted by Crippen LogP contribution is 2.16. The van der Waals surface area contributed by atoms with E-state index in [1.54, 1.807) is 6.20 Å². The highest BCUT2D eigenvalue weighted by molar-refractivity contribution is 7.99. The van der Waals surface area contributed by atoms with Crippen molar-refractivity contribution in [3.8, 4) is 6.07 Å². The Bertz CT molecular complexity index is 564. The summed E-state index contributed by atoms with van der Waals surface area (Å²) in [4.78, 5) is 12.4. The zero-order chi connectivity index (χ0) is 12.8. The first-order valence-corrected chi connectivity index (χ1v) is 6.33. The van der Waals surface area contributed by atoms with Gasteiger partial charge in [0.2, 0.25) is 0 Å². The maximum atomic E-state index is 8.71. The largest absolute Gasteiger partial charge is 0.382 e. The summed E-state index contributed by atoms with van der Waals surface area (Å²) in [6.07, 6.45) is 4.07. The third-order valence-corrected chi connectivity index (χ3v) is 3.10. The number of aryl methyl sites for hydroxylation is 1. The van der Waals surface area contributed by atoms with E-state index >= 15 is 0 Å². The molecule has 2 aromatic heterocycles. The molecule has 0 atom stereocenters. The van der Waals surface area contributed by atoms with Crippen molar-refractivity contribution < 1.29 is 0 Å². The predicted molar refractivity (Wildman–Crippen MR) is 69.8 cm³/mol. The van der Waals surface area contributed by atoms with Crippen LogP contribution in [0, 0.1) is 11.3 Å². The third-order valence-electron chi connectivity index (χ3n) is 2.23. The van der Waals surface area contributed by atoms with Gasteiger partial charge in [0.05, 0.1) is 6.20 Å². The van der Waals surface area contributed by atoms with Crippen molar-refractivity contribution in [3.63, 3.8) is 0 Å². The molecule has 0 saturated heterocycles. The second-order valence-electron chi connectivity index (χ2n) is 3.48. The number of nitrogens with zero attached hydrogens (tertiary/aromatic N) is 4. The van der Waals surface area contributed by atoms with Crippen molar-refractivity contribution in [3.05, 3.63) is 41.9 Å². The number of nitrogen functional groups attached to an aromatic ring is 1. The Morgan fingerprint density at radius 3 is 2.89 bits per heavy atom. The molecule has 2 aromatic rings. The molecule has 0 saturated carbocycles. The lowest BCUT2D eigenvalue weighted by atomic mass is 10.3. The SMILES string of the molecule is N#Cc1cnc(SCCc2ccccn2)nc1N. The lowest BCUT2D eigenvalue weighted by molar-refractivity contribution is 0.962. The Balaban J connectivity index is 1.91. The van der Waals surface area contributed by atoms with Crippen LogP contribution in [0.3, 0.4) is 0 Å². The number of pyridine rings is 1. The van der Waals surface area contributed by atoms with Gasteiger partial charge >= 0.3 is 0 Å². The van der Waals surface area contributed by atoms with Gasteiger partial charge in [-0.05, 0) is 18.6 Å². The number of rotatable bonds is 4. The zero-order valence-electron chi connectivity index (χ0n) is 9.58. The van der Waals surface area contributed by atoms with Gasteiger partial charge < -0.3 is 5.73 Å². The molecule has 0 aliphatic carbocycles. The fourth-order valence-corrected chi connectivity index (χ4v) is 2.11. The van der Waals surface area contributed by atoms with Crippen molar-refractivity contribution in [2.75, 3.05) is 11.5 Å². The van der Waals surface area contributed by atoms with E-state index in [9.17, 15) is 0 Å². The lowest BCUT2D eigenvalue weighted by Gasteiger charge is -2.01. The van der Waals surface area contributed by atoms with Crippen LogP contribution < -0.4 is 5.73 Å². The summed E-state index contributed by atoms with van der Waals surface area (Å²) >= 11 is 1.50. The molecular formula is C12H11N5S. The minimum absolute atomic E-state index is 0.229. The van der Waals surface area contributed by atoms with Gasteiger partial charge in [-0.15, -0.1) is 0 Å². The van der Waals surface area contributed by atoms with Gasteiger partial charge in [0.15, 0.2) is 5.16 Å². The van der Waals surface area contributed by atoms with Gasteiger partial charge in [-0.25, -0.2) is 9.97 Å². The minimum Gasteiger partial charge on any atom is -0.382 e. The van der Waals surface area contributed by atoms with Crippen LogP contribution in [0.4, 0.5) is 5.82 Å². The number of hydrogen-bond acceptors (Lipinski definition) is 6. The maximum Gasteiger partial charge on any atom is 0.189 e. The molecule has 0 amide bonds. The smallest absolute Gasteiger partial charge is 0.189 e. The second kappa shape index (κ2) is 5.98. The maximum absolute atomic E-state index is 8.71. The van der Waals surface area contributed by atoms with Crippen molar-refractivity contribution in [2.45, 2.75) is 11.6 Å². The topological polar surface area (TPSA) is 88.5 Å². The number of hydrogen-bond donors (Lipinski definition) is 1. The van der Waals surface area contributed by atoms with Crippen LogP contribution in [0.5, 0.6) is 0 Å². The Kier molecular flexibility index (Phi) is 4.10. The van der Waals surface area contributed by atoms with Gasteiger partial charge in [-0.1, -0.05) is 17.8 Å². The van der Waals surface area contributed by atoms with E-state index in [0.717, 1.165) is 17.9 Å². The van der Waals surface area contributed by atoms with Gasteiger partial charge in [-0.3, -0.25) is 4.98 Å². The summed E-state index contributed by atoms with van der Waals surface area (Å²) in [7, 11) is 0. The molecule has 0 bridgehead atoms. The molecule has 90 valence electrons. The average molecular weight is 257 g/mol. The summed E-state index contributed by atoms with van der Waals surface area (Å²) < 4.78 is 0. The Hall–Kier alpha value is -2.13. The molecule has 5 nitrogen and oxygen atoms in total. The monoisotopic (exact) mass is 257 g/mol. The fourth-order valence-electron chi connectivity index (χ4n) is 1.33. The molecule has 0 aliphatic rings. The second-order valence-corrected chi connectivity index (χ2v) is 4.54. The molecule has 0 radical (unpaired) electrons. The van der Waals surface area contributed by atoms with Crippen molar-refractivity contribution >= 4 is 17.6 Å². The molecule has 0 spiro atoms. The van der Waals surface area contributed by atoms with Crippen LogP contribution in [0.25, 0.3) is 0 Å². The van der Waals surface area contributed by atoms with E-state index in [4.69, 9.17) is 11.0 Å². The highest BCUT2D eigenvalue weighted by Gasteiger charge is 2.04. The Morgan fingerprint density at radius 2 is 2.22 bits per heavy atom. The van der Waals surface area contributed by atoms with Crippen molar-refractivity contribution in [1.82, 2.24) is 15.0 Å². The van der Waals surface area contributed by atoms with Gasteiger partial charge in [0.1, 0.15) is 17.5 Å². The van der Waals surface area contributed by atoms with Gasteiger partial charge in [0.25, 0.3) is 0 Å². The number of anilines is 1. The zero-order valence-corrected chi connectivity index (χ0v) is 10.4. The number of aromatic nitrogens is 3. The molecule has 0 unspecified atom stereocenters. The molecule has 0 aromatic carbocycles. The van der Waals surface area contributed by atoms with Crippen LogP contribution in [-0.4, -0.2) is 20.7 Å². The molecule has 18 heavy (non-hydrogen) atoms. The first kappa shape index (κ1) is 12.3. The average Bonchev–Trinajstić information content (AvgIpc) is 2.40. The molecule has 0 aliphatic heterocycles. The molecule has 2 heterocycles. The summed E-state index contributed by atoms with van der Waals surface area (Å²) in [5.74, 6) is 1.05. The van der Waals surface area contributed by atoms with E-state index in [2.05, 4.69) is 15.0 Å². The van der Waals surface area contributed by atoms with Gasteiger partial charge in [0, 0.05) is 17.6 Å². The number of nitriles is 1. The summed E-state index contributed by atoms with van der Waals surface area (Å²) in [5.41, 5.74) is 6.96. The quantitative estimate of drug-likeness (QED) is 0.662. The van der Waals surface area contributed by atoms with Crippen LogP contribution in [0.15, 0.2) is 35.7 Å². The molecule has 6 heteroatoms. The lowest BCUT2D eigenvalue weighted by Crippen LogP contribution is -1.99. The summed E-state index contributed by atoms with van der Waals surface area (Å²) in [6, 6.07) is 7.77. The molecule has 2 N–H and O–H groups in total. The van der Waals surface area contributed by atoms with Crippen molar-refractivity contribution in [2.24, 2.45) is 0 Å². The summed E-state index contributed by atoms with van der Waals surface area (Å²) in [5, 5.41) is 9.29. The molecule has 2 rings (SSSR count). The molecule has 0 fully saturated rings. The number of nitrogens with two attached hydrogens (primary N) is 1. The minimum atomic E-state index is 0.229. The third kappa shape index (κ3) is 3.18. The molecular weight excluding hydrogens is 246 g/mol. The Labute approximate surface area is 109 Å². The van der Waals surface area contributed by atoms with E-state index in [-0.39, 0.29) is 5.82 Å². The van der Waals surface area contributed by atoms with Crippen LogP contribution in [-0.2, 0) is 6.42 Å². The fraction of sp³-hybridized carbons (Fsp3) is 0.167. The van der Waals surface area contributed by atoms with Crippen LogP contribution in [0.2, 0.25) is 0 Å². The highest BCUT2D eigenvalue weighted by atomic mass is 32.2. The first-order valence-electron chi connectivity index (χ1n) is 5.35.